The monoisotopic (exact) mass is 202 g/mol. The number of rotatable bonds is 1. The summed E-state index contributed by atoms with van der Waals surface area (Å²) in [4.78, 5) is 0. The lowest BCUT2D eigenvalue weighted by Gasteiger charge is -2.06. The van der Waals surface area contributed by atoms with E-state index in [1.165, 1.54) is 10.1 Å². The Morgan fingerprint density at radius 1 is 1.57 bits per heavy atom. The summed E-state index contributed by atoms with van der Waals surface area (Å²) in [5.74, 6) is 0. The molecule has 1 heterocycles. The Balaban J connectivity index is 2.75. The number of hydrogen-bond acceptors (Lipinski definition) is 3. The first-order valence-corrected chi connectivity index (χ1v) is 5.24. The van der Waals surface area contributed by atoms with Crippen LogP contribution in [0.4, 0.5) is 5.69 Å². The Bertz CT molecular complexity index is 520. The van der Waals surface area contributed by atoms with Crippen molar-refractivity contribution in [2.75, 3.05) is 5.73 Å². The van der Waals surface area contributed by atoms with Gasteiger partial charge in [-0.3, -0.25) is 0 Å². The van der Waals surface area contributed by atoms with Crippen LogP contribution in [0.1, 0.15) is 11.1 Å². The third-order valence-corrected chi connectivity index (χ3v) is 3.29. The highest BCUT2D eigenvalue weighted by Gasteiger charge is 2.07. The van der Waals surface area contributed by atoms with E-state index in [9.17, 15) is 0 Å². The number of nitrogen functional groups attached to an aromatic ring is 1. The molecular formula is C11H10N2S. The molecule has 0 spiro atoms. The molecule has 3 heteroatoms. The quantitative estimate of drug-likeness (QED) is 0.723. The van der Waals surface area contributed by atoms with E-state index in [0.717, 1.165) is 16.8 Å². The van der Waals surface area contributed by atoms with Crippen LogP contribution in [-0.4, -0.2) is 0 Å². The smallest absolute Gasteiger partial charge is 0.0670 e. The molecule has 0 saturated heterocycles. The van der Waals surface area contributed by atoms with Crippen molar-refractivity contribution in [2.24, 2.45) is 0 Å². The Morgan fingerprint density at radius 3 is 3.07 bits per heavy atom. The van der Waals surface area contributed by atoms with Gasteiger partial charge in [-0.05, 0) is 40.9 Å². The van der Waals surface area contributed by atoms with Gasteiger partial charge in [0.1, 0.15) is 0 Å². The maximum atomic E-state index is 8.66. The molecule has 0 aliphatic carbocycles. The van der Waals surface area contributed by atoms with Crippen molar-refractivity contribution in [1.29, 1.82) is 5.26 Å². The Labute approximate surface area is 86.6 Å². The van der Waals surface area contributed by atoms with Crippen LogP contribution < -0.4 is 5.73 Å². The highest BCUT2D eigenvalue weighted by molar-refractivity contribution is 7.17. The fraction of sp³-hybridized carbons (Fsp3) is 0.182. The summed E-state index contributed by atoms with van der Waals surface area (Å²) in [6, 6.07) is 6.22. The minimum Gasteiger partial charge on any atom is -0.398 e. The molecule has 1 aromatic carbocycles. The molecule has 70 valence electrons. The third kappa shape index (κ3) is 1.24. The highest BCUT2D eigenvalue weighted by atomic mass is 32.1. The lowest BCUT2D eigenvalue weighted by molar-refractivity contribution is 1.27. The molecular weight excluding hydrogens is 192 g/mol. The molecule has 0 bridgehead atoms. The molecule has 2 aromatic rings. The predicted molar refractivity (Wildman–Crippen MR) is 60.3 cm³/mol. The maximum Gasteiger partial charge on any atom is 0.0670 e. The summed E-state index contributed by atoms with van der Waals surface area (Å²) >= 11 is 1.69. The van der Waals surface area contributed by atoms with Gasteiger partial charge in [-0.15, -0.1) is 11.3 Å². The molecule has 0 saturated carbocycles. The molecule has 0 unspecified atom stereocenters. The van der Waals surface area contributed by atoms with Gasteiger partial charge in [-0.25, -0.2) is 0 Å². The number of nitrogens with zero attached hydrogens (tertiary/aromatic N) is 1. The zero-order chi connectivity index (χ0) is 10.1. The van der Waals surface area contributed by atoms with E-state index in [4.69, 9.17) is 11.0 Å². The summed E-state index contributed by atoms with van der Waals surface area (Å²) < 4.78 is 1.21. The second-order valence-electron chi connectivity index (χ2n) is 3.24. The number of hydrogen-bond donors (Lipinski definition) is 1. The number of benzene rings is 1. The summed E-state index contributed by atoms with van der Waals surface area (Å²) in [7, 11) is 0. The number of thiophene rings is 1. The molecule has 0 atom stereocenters. The number of nitrogens with two attached hydrogens (primary N) is 1. The van der Waals surface area contributed by atoms with Crippen LogP contribution >= 0.6 is 11.3 Å². The topological polar surface area (TPSA) is 49.8 Å². The van der Waals surface area contributed by atoms with Gasteiger partial charge in [0.2, 0.25) is 0 Å². The SMILES string of the molecule is Cc1c(N)c(CC#N)cc2sccc12. The predicted octanol–water partition coefficient (Wildman–Crippen LogP) is 2.86. The van der Waals surface area contributed by atoms with Crippen LogP contribution in [0.3, 0.4) is 0 Å². The van der Waals surface area contributed by atoms with Gasteiger partial charge in [-0.2, -0.15) is 5.26 Å². The summed E-state index contributed by atoms with van der Waals surface area (Å²) in [6.45, 7) is 2.01. The lowest BCUT2D eigenvalue weighted by atomic mass is 10.0. The van der Waals surface area contributed by atoms with Crippen LogP contribution in [0, 0.1) is 18.3 Å². The first-order chi connectivity index (χ1) is 6.74. The number of nitriles is 1. The van der Waals surface area contributed by atoms with E-state index >= 15 is 0 Å². The molecule has 2 rings (SSSR count). The molecule has 0 aliphatic heterocycles. The first kappa shape index (κ1) is 9.04. The van der Waals surface area contributed by atoms with E-state index in [-0.39, 0.29) is 0 Å². The first-order valence-electron chi connectivity index (χ1n) is 4.36. The fourth-order valence-corrected chi connectivity index (χ4v) is 2.51. The van der Waals surface area contributed by atoms with Gasteiger partial charge in [-0.1, -0.05) is 0 Å². The van der Waals surface area contributed by atoms with Crippen LogP contribution in [0.15, 0.2) is 17.5 Å². The van der Waals surface area contributed by atoms with Crippen molar-refractivity contribution in [1.82, 2.24) is 0 Å². The lowest BCUT2D eigenvalue weighted by Crippen LogP contribution is -1.96. The standard InChI is InChI=1S/C11H10N2S/c1-7-9-3-5-14-10(9)6-8(2-4-12)11(7)13/h3,5-6H,2,13H2,1H3. The molecule has 0 fully saturated rings. The van der Waals surface area contributed by atoms with E-state index in [0.29, 0.717) is 6.42 Å². The molecule has 0 amide bonds. The van der Waals surface area contributed by atoms with Gasteiger partial charge in [0.25, 0.3) is 0 Å². The molecule has 0 aliphatic rings. The highest BCUT2D eigenvalue weighted by Crippen LogP contribution is 2.31. The zero-order valence-corrected chi connectivity index (χ0v) is 8.69. The average Bonchev–Trinajstić information content (AvgIpc) is 2.62. The van der Waals surface area contributed by atoms with Gasteiger partial charge < -0.3 is 5.73 Å². The molecule has 14 heavy (non-hydrogen) atoms. The van der Waals surface area contributed by atoms with Crippen LogP contribution in [0.25, 0.3) is 10.1 Å². The fourth-order valence-electron chi connectivity index (χ4n) is 1.60. The minimum atomic E-state index is 0.389. The average molecular weight is 202 g/mol. The Kier molecular flexibility index (Phi) is 2.14. The number of anilines is 1. The summed E-state index contributed by atoms with van der Waals surface area (Å²) in [5, 5.41) is 11.9. The van der Waals surface area contributed by atoms with Crippen LogP contribution in [0.2, 0.25) is 0 Å². The second-order valence-corrected chi connectivity index (χ2v) is 4.19. The molecule has 1 aromatic heterocycles. The van der Waals surface area contributed by atoms with Gasteiger partial charge in [0, 0.05) is 10.4 Å². The summed E-state index contributed by atoms with van der Waals surface area (Å²) in [5.41, 5.74) is 8.75. The van der Waals surface area contributed by atoms with E-state index < -0.39 is 0 Å². The second kappa shape index (κ2) is 3.32. The van der Waals surface area contributed by atoms with Gasteiger partial charge >= 0.3 is 0 Å². The van der Waals surface area contributed by atoms with E-state index in [1.54, 1.807) is 11.3 Å². The van der Waals surface area contributed by atoms with Crippen molar-refractivity contribution in [3.8, 4) is 6.07 Å². The third-order valence-electron chi connectivity index (χ3n) is 2.42. The Morgan fingerprint density at radius 2 is 2.36 bits per heavy atom. The van der Waals surface area contributed by atoms with E-state index in [2.05, 4.69) is 12.1 Å². The van der Waals surface area contributed by atoms with Crippen molar-refractivity contribution < 1.29 is 0 Å². The zero-order valence-electron chi connectivity index (χ0n) is 7.87. The van der Waals surface area contributed by atoms with Crippen LogP contribution in [0.5, 0.6) is 0 Å². The van der Waals surface area contributed by atoms with Crippen molar-refractivity contribution in [3.05, 3.63) is 28.6 Å². The van der Waals surface area contributed by atoms with Crippen molar-refractivity contribution in [3.63, 3.8) is 0 Å². The molecule has 2 N–H and O–H groups in total. The number of fused-ring (bicyclic) bond motifs is 1. The normalized spacial score (nSPS) is 10.3. The minimum absolute atomic E-state index is 0.389. The molecule has 0 radical (unpaired) electrons. The maximum absolute atomic E-state index is 8.66. The van der Waals surface area contributed by atoms with Crippen molar-refractivity contribution in [2.45, 2.75) is 13.3 Å². The van der Waals surface area contributed by atoms with Gasteiger partial charge in [0.15, 0.2) is 0 Å². The molecule has 2 nitrogen and oxygen atoms in total. The summed E-state index contributed by atoms with van der Waals surface area (Å²) in [6.07, 6.45) is 0.389. The Hall–Kier alpha value is -1.53. The van der Waals surface area contributed by atoms with E-state index in [1.807, 2.05) is 18.4 Å². The largest absolute Gasteiger partial charge is 0.398 e. The van der Waals surface area contributed by atoms with Crippen molar-refractivity contribution >= 4 is 27.1 Å². The van der Waals surface area contributed by atoms with Crippen LogP contribution in [-0.2, 0) is 6.42 Å². The van der Waals surface area contributed by atoms with Gasteiger partial charge in [0.05, 0.1) is 12.5 Å². The number of aryl methyl sites for hydroxylation is 1.